The number of allylic oxidation sites excluding steroid dienone is 1. The number of amides is 2. The number of carbonyl (C=O) groups excluding carboxylic acids is 2. The third-order valence-corrected chi connectivity index (χ3v) is 4.06. The Morgan fingerprint density at radius 3 is 2.73 bits per heavy atom. The maximum Gasteiger partial charge on any atom is 0.249 e. The number of aliphatic imine (C=N–C) groups is 1. The number of ether oxygens (including phenoxy) is 2. The Morgan fingerprint density at radius 1 is 1.31 bits per heavy atom. The van der Waals surface area contributed by atoms with E-state index in [0.29, 0.717) is 29.0 Å². The van der Waals surface area contributed by atoms with Crippen molar-refractivity contribution in [2.45, 2.75) is 26.3 Å². The molecule has 2 aliphatic heterocycles. The number of nitrogens with one attached hydrogen (secondary N) is 3. The molecule has 3 N–H and O–H groups in total. The molecule has 0 bridgehead atoms. The van der Waals surface area contributed by atoms with E-state index >= 15 is 0 Å². The van der Waals surface area contributed by atoms with Crippen molar-refractivity contribution < 1.29 is 19.1 Å². The molecule has 1 saturated heterocycles. The second-order valence-corrected chi connectivity index (χ2v) is 6.09. The summed E-state index contributed by atoms with van der Waals surface area (Å²) >= 11 is 0. The lowest BCUT2D eigenvalue weighted by atomic mass is 10.1. The summed E-state index contributed by atoms with van der Waals surface area (Å²) in [7, 11) is 3.06. The van der Waals surface area contributed by atoms with Crippen LogP contribution < -0.4 is 25.5 Å². The monoisotopic (exact) mass is 359 g/mol. The molecule has 2 heterocycles. The van der Waals surface area contributed by atoms with Crippen molar-refractivity contribution in [3.63, 3.8) is 0 Å². The van der Waals surface area contributed by atoms with Crippen LogP contribution in [0.4, 0.5) is 5.69 Å². The average molecular weight is 359 g/mol. The molecule has 138 valence electrons. The van der Waals surface area contributed by atoms with Crippen molar-refractivity contribution in [2.24, 2.45) is 4.99 Å². The number of methoxy groups -OCH3 is 2. The Morgan fingerprint density at radius 2 is 2.08 bits per heavy atom. The third-order valence-electron chi connectivity index (χ3n) is 4.06. The van der Waals surface area contributed by atoms with Gasteiger partial charge in [0.15, 0.2) is 0 Å². The molecule has 0 radical (unpaired) electrons. The standard InChI is InChI=1S/C17H21N5O4/c1-9(2)15-20-17-19-14(23)8-12(22(17)21-15)16(24)18-11-6-5-10(25-3)7-13(11)26-4/h5-7,12,21H,8H2,1-4H3,(H,18,24)(H,19,20,23). The number of guanidine groups is 1. The number of carbonyl (C=O) groups is 2. The molecule has 2 amide bonds. The summed E-state index contributed by atoms with van der Waals surface area (Å²) in [5.74, 6) is 1.39. The number of hydrogen-bond acceptors (Lipinski definition) is 7. The van der Waals surface area contributed by atoms with Gasteiger partial charge in [-0.1, -0.05) is 0 Å². The predicted octanol–water partition coefficient (Wildman–Crippen LogP) is 0.958. The fraction of sp³-hybridized carbons (Fsp3) is 0.353. The molecule has 9 heteroatoms. The normalized spacial score (nSPS) is 18.4. The van der Waals surface area contributed by atoms with Gasteiger partial charge in [-0.15, -0.1) is 0 Å². The Balaban J connectivity index is 1.83. The highest BCUT2D eigenvalue weighted by atomic mass is 16.5. The van der Waals surface area contributed by atoms with E-state index in [1.807, 2.05) is 13.8 Å². The lowest BCUT2D eigenvalue weighted by molar-refractivity contribution is -0.129. The number of benzene rings is 1. The van der Waals surface area contributed by atoms with Crippen LogP contribution in [0.25, 0.3) is 0 Å². The van der Waals surface area contributed by atoms with Gasteiger partial charge in [-0.3, -0.25) is 20.3 Å². The summed E-state index contributed by atoms with van der Waals surface area (Å²) in [6, 6.07) is 4.33. The highest BCUT2D eigenvalue weighted by Gasteiger charge is 2.39. The summed E-state index contributed by atoms with van der Waals surface area (Å²) < 4.78 is 10.5. The first kappa shape index (κ1) is 17.6. The summed E-state index contributed by atoms with van der Waals surface area (Å²) in [6.45, 7) is 3.79. The van der Waals surface area contributed by atoms with Gasteiger partial charge in [0.25, 0.3) is 0 Å². The van der Waals surface area contributed by atoms with E-state index < -0.39 is 6.04 Å². The molecule has 3 rings (SSSR count). The number of hydrogen-bond donors (Lipinski definition) is 3. The zero-order valence-corrected chi connectivity index (χ0v) is 15.0. The number of hydrazine groups is 1. The quantitative estimate of drug-likeness (QED) is 0.740. The van der Waals surface area contributed by atoms with Gasteiger partial charge in [-0.05, 0) is 31.6 Å². The molecule has 0 aromatic heterocycles. The van der Waals surface area contributed by atoms with Crippen LogP contribution in [-0.2, 0) is 9.59 Å². The van der Waals surface area contributed by atoms with Gasteiger partial charge in [0.1, 0.15) is 23.4 Å². The van der Waals surface area contributed by atoms with Crippen molar-refractivity contribution in [1.82, 2.24) is 15.8 Å². The molecule has 2 aliphatic rings. The van der Waals surface area contributed by atoms with Gasteiger partial charge in [0.2, 0.25) is 17.8 Å². The minimum atomic E-state index is -0.744. The van der Waals surface area contributed by atoms with Gasteiger partial charge in [-0.25, -0.2) is 5.01 Å². The van der Waals surface area contributed by atoms with Gasteiger partial charge in [0.05, 0.1) is 26.3 Å². The van der Waals surface area contributed by atoms with Gasteiger partial charge >= 0.3 is 0 Å². The van der Waals surface area contributed by atoms with Gasteiger partial charge < -0.3 is 14.8 Å². The van der Waals surface area contributed by atoms with E-state index in [1.165, 1.54) is 7.11 Å². The van der Waals surface area contributed by atoms with Crippen LogP contribution in [0, 0.1) is 0 Å². The largest absolute Gasteiger partial charge is 0.497 e. The number of rotatable bonds is 4. The van der Waals surface area contributed by atoms with Gasteiger partial charge in [0, 0.05) is 6.07 Å². The molecular formula is C17H21N5O4. The smallest absolute Gasteiger partial charge is 0.249 e. The van der Waals surface area contributed by atoms with Crippen LogP contribution in [-0.4, -0.2) is 43.0 Å². The predicted molar refractivity (Wildman–Crippen MR) is 95.5 cm³/mol. The molecule has 0 saturated carbocycles. The first-order valence-corrected chi connectivity index (χ1v) is 8.07. The Labute approximate surface area is 151 Å². The highest BCUT2D eigenvalue weighted by molar-refractivity contribution is 6.08. The zero-order chi connectivity index (χ0) is 18.8. The molecule has 1 aromatic carbocycles. The summed E-state index contributed by atoms with van der Waals surface area (Å²) in [6.07, 6.45) is 0.00631. The van der Waals surface area contributed by atoms with Gasteiger partial charge in [-0.2, -0.15) is 4.99 Å². The number of nitrogens with zero attached hydrogens (tertiary/aromatic N) is 2. The fourth-order valence-electron chi connectivity index (χ4n) is 2.66. The van der Waals surface area contributed by atoms with Crippen LogP contribution in [0.3, 0.4) is 0 Å². The summed E-state index contributed by atoms with van der Waals surface area (Å²) in [4.78, 5) is 29.1. The first-order chi connectivity index (χ1) is 12.4. The van der Waals surface area contributed by atoms with E-state index in [9.17, 15) is 9.59 Å². The van der Waals surface area contributed by atoms with Crippen LogP contribution >= 0.6 is 0 Å². The maximum absolute atomic E-state index is 12.8. The second kappa shape index (κ2) is 6.95. The molecule has 1 aromatic rings. The molecule has 0 aliphatic carbocycles. The SMILES string of the molecule is COc1ccc(NC(=O)C2CC(=O)NC3=NC(=C(C)C)NN32)c(OC)c1. The first-order valence-electron chi connectivity index (χ1n) is 8.07. The van der Waals surface area contributed by atoms with Crippen molar-refractivity contribution in [1.29, 1.82) is 0 Å². The van der Waals surface area contributed by atoms with Crippen LogP contribution in [0.15, 0.2) is 34.6 Å². The molecule has 9 nitrogen and oxygen atoms in total. The Bertz CT molecular complexity index is 813. The van der Waals surface area contributed by atoms with Crippen molar-refractivity contribution >= 4 is 23.5 Å². The average Bonchev–Trinajstić information content (AvgIpc) is 3.05. The molecular weight excluding hydrogens is 338 g/mol. The minimum absolute atomic E-state index is 0.00631. The minimum Gasteiger partial charge on any atom is -0.497 e. The number of anilines is 1. The molecule has 1 atom stereocenters. The van der Waals surface area contributed by atoms with E-state index in [0.717, 1.165) is 5.57 Å². The Kier molecular flexibility index (Phi) is 4.70. The zero-order valence-electron chi connectivity index (χ0n) is 15.0. The molecule has 0 spiro atoms. The van der Waals surface area contributed by atoms with Crippen LogP contribution in [0.1, 0.15) is 20.3 Å². The van der Waals surface area contributed by atoms with E-state index in [1.54, 1.807) is 30.3 Å². The molecule has 1 fully saturated rings. The van der Waals surface area contributed by atoms with Crippen LogP contribution in [0.5, 0.6) is 11.5 Å². The second-order valence-electron chi connectivity index (χ2n) is 6.09. The highest BCUT2D eigenvalue weighted by Crippen LogP contribution is 2.29. The van der Waals surface area contributed by atoms with E-state index in [-0.39, 0.29) is 18.2 Å². The Hall–Kier alpha value is -3.23. The summed E-state index contributed by atoms with van der Waals surface area (Å²) in [5, 5.41) is 7.04. The number of fused-ring (bicyclic) bond motifs is 1. The van der Waals surface area contributed by atoms with E-state index in [2.05, 4.69) is 21.1 Å². The topological polar surface area (TPSA) is 104 Å². The third kappa shape index (κ3) is 3.28. The van der Waals surface area contributed by atoms with Crippen molar-refractivity contribution in [2.75, 3.05) is 19.5 Å². The molecule has 26 heavy (non-hydrogen) atoms. The maximum atomic E-state index is 12.8. The molecule has 1 unspecified atom stereocenters. The van der Waals surface area contributed by atoms with E-state index in [4.69, 9.17) is 9.47 Å². The van der Waals surface area contributed by atoms with Crippen molar-refractivity contribution in [3.8, 4) is 11.5 Å². The summed E-state index contributed by atoms with van der Waals surface area (Å²) in [5.41, 5.74) is 4.49. The lowest BCUT2D eigenvalue weighted by Gasteiger charge is -2.32. The van der Waals surface area contributed by atoms with Crippen LogP contribution in [0.2, 0.25) is 0 Å². The van der Waals surface area contributed by atoms with Crippen molar-refractivity contribution in [3.05, 3.63) is 29.6 Å². The lowest BCUT2D eigenvalue weighted by Crippen LogP contribution is -2.61. The fourth-order valence-corrected chi connectivity index (χ4v) is 2.66.